The number of likely N-dealkylation sites (tertiary alicyclic amines) is 1. The third kappa shape index (κ3) is 3.39. The first-order valence-corrected chi connectivity index (χ1v) is 6.90. The Kier molecular flexibility index (Phi) is 4.66. The summed E-state index contributed by atoms with van der Waals surface area (Å²) in [5.41, 5.74) is 1.04. The highest BCUT2D eigenvalue weighted by Gasteiger charge is 2.27. The van der Waals surface area contributed by atoms with E-state index in [1.807, 2.05) is 6.07 Å². The number of aliphatic hydroxyl groups excluding tert-OH is 1. The molecule has 1 heterocycles. The summed E-state index contributed by atoms with van der Waals surface area (Å²) in [5, 5.41) is 19.9. The van der Waals surface area contributed by atoms with Gasteiger partial charge in [-0.2, -0.15) is 0 Å². The zero-order valence-corrected chi connectivity index (χ0v) is 11.7. The van der Waals surface area contributed by atoms with Crippen molar-refractivity contribution in [2.24, 2.45) is 5.92 Å². The molecule has 0 bridgehead atoms. The van der Waals surface area contributed by atoms with E-state index in [0.29, 0.717) is 5.75 Å². The van der Waals surface area contributed by atoms with Crippen molar-refractivity contribution in [2.45, 2.75) is 25.9 Å². The number of phenolic OH excluding ortho intramolecular Hbond substituents is 1. The number of piperidine rings is 1. The van der Waals surface area contributed by atoms with Gasteiger partial charge < -0.3 is 19.8 Å². The van der Waals surface area contributed by atoms with Crippen molar-refractivity contribution >= 4 is 0 Å². The fourth-order valence-corrected chi connectivity index (χ4v) is 2.75. The monoisotopic (exact) mass is 265 g/mol. The minimum Gasteiger partial charge on any atom is -0.504 e. The van der Waals surface area contributed by atoms with Gasteiger partial charge in [0.25, 0.3) is 0 Å². The molecule has 0 amide bonds. The molecule has 106 valence electrons. The normalized spacial score (nSPS) is 24.4. The lowest BCUT2D eigenvalue weighted by Gasteiger charge is -2.35. The average Bonchev–Trinajstić information content (AvgIpc) is 2.41. The highest BCUT2D eigenvalue weighted by molar-refractivity contribution is 5.41. The molecular formula is C15H23NO3. The highest BCUT2D eigenvalue weighted by atomic mass is 16.5. The summed E-state index contributed by atoms with van der Waals surface area (Å²) in [4.78, 5) is 2.36. The first-order chi connectivity index (χ1) is 9.13. The van der Waals surface area contributed by atoms with Gasteiger partial charge in [0.1, 0.15) is 0 Å². The lowest BCUT2D eigenvalue weighted by Crippen LogP contribution is -2.43. The molecule has 2 atom stereocenters. The molecule has 0 spiro atoms. The lowest BCUT2D eigenvalue weighted by molar-refractivity contribution is 0.0290. The van der Waals surface area contributed by atoms with E-state index in [1.165, 1.54) is 0 Å². The van der Waals surface area contributed by atoms with Gasteiger partial charge >= 0.3 is 0 Å². The minimum absolute atomic E-state index is 0.164. The smallest absolute Gasteiger partial charge is 0.160 e. The second-order valence-corrected chi connectivity index (χ2v) is 5.22. The molecule has 2 rings (SSSR count). The second-order valence-electron chi connectivity index (χ2n) is 5.22. The van der Waals surface area contributed by atoms with Crippen molar-refractivity contribution in [2.75, 3.05) is 26.7 Å². The van der Waals surface area contributed by atoms with Gasteiger partial charge in [0, 0.05) is 19.0 Å². The van der Waals surface area contributed by atoms with E-state index in [0.717, 1.165) is 38.0 Å². The summed E-state index contributed by atoms with van der Waals surface area (Å²) in [7, 11) is 1.54. The average molecular weight is 265 g/mol. The molecule has 4 heteroatoms. The van der Waals surface area contributed by atoms with Crippen LogP contribution in [0, 0.1) is 5.92 Å². The molecule has 1 fully saturated rings. The van der Waals surface area contributed by atoms with Crippen molar-refractivity contribution in [1.29, 1.82) is 0 Å². The van der Waals surface area contributed by atoms with Gasteiger partial charge in [0.15, 0.2) is 11.5 Å². The molecule has 1 aromatic carbocycles. The predicted molar refractivity (Wildman–Crippen MR) is 74.6 cm³/mol. The Morgan fingerprint density at radius 3 is 2.84 bits per heavy atom. The van der Waals surface area contributed by atoms with E-state index in [4.69, 9.17) is 4.74 Å². The summed E-state index contributed by atoms with van der Waals surface area (Å²) < 4.78 is 5.04. The lowest BCUT2D eigenvalue weighted by atomic mass is 9.88. The number of hydrogen-bond donors (Lipinski definition) is 2. The van der Waals surface area contributed by atoms with Crippen molar-refractivity contribution in [3.63, 3.8) is 0 Å². The van der Waals surface area contributed by atoms with Crippen LogP contribution in [0.25, 0.3) is 0 Å². The number of benzene rings is 1. The Labute approximate surface area is 114 Å². The summed E-state index contributed by atoms with van der Waals surface area (Å²) >= 11 is 0. The van der Waals surface area contributed by atoms with Crippen LogP contribution in [0.2, 0.25) is 0 Å². The molecule has 4 nitrogen and oxygen atoms in total. The van der Waals surface area contributed by atoms with Gasteiger partial charge in [-0.3, -0.25) is 0 Å². The zero-order valence-electron chi connectivity index (χ0n) is 11.7. The van der Waals surface area contributed by atoms with Crippen LogP contribution in [0.1, 0.15) is 18.9 Å². The Bertz CT molecular complexity index is 422. The molecule has 2 unspecified atom stereocenters. The Hall–Kier alpha value is -1.26. The number of rotatable bonds is 4. The maximum Gasteiger partial charge on any atom is 0.160 e. The molecule has 0 aliphatic carbocycles. The summed E-state index contributed by atoms with van der Waals surface area (Å²) in [6, 6.07) is 5.46. The number of ether oxygens (including phenoxy) is 1. The topological polar surface area (TPSA) is 52.9 Å². The molecule has 1 aliphatic heterocycles. The maximum absolute atomic E-state index is 10.1. The van der Waals surface area contributed by atoms with Gasteiger partial charge in [-0.1, -0.05) is 13.0 Å². The van der Waals surface area contributed by atoms with Crippen LogP contribution in [-0.4, -0.2) is 48.0 Å². The number of aliphatic hydroxyl groups is 1. The fraction of sp³-hybridized carbons (Fsp3) is 0.600. The van der Waals surface area contributed by atoms with Gasteiger partial charge in [-0.05, 0) is 37.1 Å². The number of phenols is 1. The quantitative estimate of drug-likeness (QED) is 0.869. The van der Waals surface area contributed by atoms with Crippen LogP contribution in [0.3, 0.4) is 0 Å². The number of methoxy groups -OCH3 is 1. The first kappa shape index (κ1) is 14.2. The number of nitrogens with zero attached hydrogens (tertiary/aromatic N) is 1. The van der Waals surface area contributed by atoms with Crippen LogP contribution in [0.15, 0.2) is 18.2 Å². The van der Waals surface area contributed by atoms with Crippen LogP contribution in [-0.2, 0) is 6.42 Å². The third-order valence-corrected chi connectivity index (χ3v) is 3.97. The van der Waals surface area contributed by atoms with E-state index in [2.05, 4.69) is 11.8 Å². The highest BCUT2D eigenvalue weighted by Crippen LogP contribution is 2.29. The van der Waals surface area contributed by atoms with E-state index in [9.17, 15) is 10.2 Å². The molecule has 1 saturated heterocycles. The van der Waals surface area contributed by atoms with E-state index >= 15 is 0 Å². The Morgan fingerprint density at radius 2 is 2.21 bits per heavy atom. The fourth-order valence-electron chi connectivity index (χ4n) is 2.75. The van der Waals surface area contributed by atoms with E-state index < -0.39 is 0 Å². The number of hydrogen-bond acceptors (Lipinski definition) is 4. The van der Waals surface area contributed by atoms with Crippen molar-refractivity contribution in [1.82, 2.24) is 4.90 Å². The molecule has 19 heavy (non-hydrogen) atoms. The van der Waals surface area contributed by atoms with Gasteiger partial charge in [0.05, 0.1) is 13.2 Å². The molecule has 0 saturated carbocycles. The van der Waals surface area contributed by atoms with Crippen LogP contribution in [0.5, 0.6) is 11.5 Å². The molecule has 1 aliphatic rings. The standard InChI is InChI=1S/C15H23NO3/c1-3-16-7-6-13(17)12(10-16)8-11-4-5-15(19-2)14(18)9-11/h4-5,9,12-13,17-18H,3,6-8,10H2,1-2H3. The van der Waals surface area contributed by atoms with E-state index in [-0.39, 0.29) is 17.8 Å². The molecule has 2 N–H and O–H groups in total. The van der Waals surface area contributed by atoms with E-state index in [1.54, 1.807) is 19.2 Å². The zero-order chi connectivity index (χ0) is 13.8. The molecular weight excluding hydrogens is 242 g/mol. The minimum atomic E-state index is -0.243. The second kappa shape index (κ2) is 6.26. The van der Waals surface area contributed by atoms with Crippen LogP contribution >= 0.6 is 0 Å². The van der Waals surface area contributed by atoms with Crippen molar-refractivity contribution in [3.05, 3.63) is 23.8 Å². The molecule has 0 aromatic heterocycles. The predicted octanol–water partition coefficient (Wildman–Crippen LogP) is 1.65. The van der Waals surface area contributed by atoms with Gasteiger partial charge in [-0.25, -0.2) is 0 Å². The van der Waals surface area contributed by atoms with Gasteiger partial charge in [-0.15, -0.1) is 0 Å². The first-order valence-electron chi connectivity index (χ1n) is 6.90. The summed E-state index contributed by atoms with van der Waals surface area (Å²) in [6.07, 6.45) is 1.38. The maximum atomic E-state index is 10.1. The largest absolute Gasteiger partial charge is 0.504 e. The van der Waals surface area contributed by atoms with Crippen molar-refractivity contribution in [3.8, 4) is 11.5 Å². The molecule has 1 aromatic rings. The Balaban J connectivity index is 2.05. The van der Waals surface area contributed by atoms with Gasteiger partial charge in [0.2, 0.25) is 0 Å². The van der Waals surface area contributed by atoms with Crippen molar-refractivity contribution < 1.29 is 14.9 Å². The SMILES string of the molecule is CCN1CCC(O)C(Cc2ccc(OC)c(O)c2)C1. The summed E-state index contributed by atoms with van der Waals surface area (Å²) in [6.45, 7) is 5.07. The third-order valence-electron chi connectivity index (χ3n) is 3.97. The Morgan fingerprint density at radius 1 is 1.42 bits per heavy atom. The van der Waals surface area contributed by atoms with Crippen LogP contribution in [0.4, 0.5) is 0 Å². The van der Waals surface area contributed by atoms with Crippen LogP contribution < -0.4 is 4.74 Å². The summed E-state index contributed by atoms with van der Waals surface area (Å²) in [5.74, 6) is 0.891. The number of aromatic hydroxyl groups is 1. The molecule has 0 radical (unpaired) electrons.